The molecule has 0 radical (unpaired) electrons. The summed E-state index contributed by atoms with van der Waals surface area (Å²) in [7, 11) is 0. The van der Waals surface area contributed by atoms with Crippen molar-refractivity contribution in [1.82, 2.24) is 4.98 Å². The van der Waals surface area contributed by atoms with Gasteiger partial charge in [-0.15, -0.1) is 0 Å². The molecule has 4 nitrogen and oxygen atoms in total. The maximum atomic E-state index is 5.37. The summed E-state index contributed by atoms with van der Waals surface area (Å²) < 4.78 is 10.7. The van der Waals surface area contributed by atoms with Gasteiger partial charge in [0.25, 0.3) is 0 Å². The molecule has 0 bridgehead atoms. The molecule has 94 valence electrons. The second kappa shape index (κ2) is 7.68. The van der Waals surface area contributed by atoms with E-state index in [1.807, 2.05) is 32.0 Å². The fourth-order valence-electron chi connectivity index (χ4n) is 1.24. The Morgan fingerprint density at radius 1 is 1.47 bits per heavy atom. The van der Waals surface area contributed by atoms with Crippen LogP contribution in [-0.2, 0) is 4.74 Å². The lowest BCUT2D eigenvalue weighted by Gasteiger charge is -2.08. The van der Waals surface area contributed by atoms with Gasteiger partial charge in [-0.3, -0.25) is 0 Å². The van der Waals surface area contributed by atoms with Crippen LogP contribution >= 0.6 is 0 Å². The van der Waals surface area contributed by atoms with Gasteiger partial charge >= 0.3 is 0 Å². The molecule has 4 heteroatoms. The van der Waals surface area contributed by atoms with Gasteiger partial charge in [0.15, 0.2) is 0 Å². The summed E-state index contributed by atoms with van der Waals surface area (Å²) in [5, 5.41) is 3.17. The molecule has 0 aliphatic rings. The molecule has 0 amide bonds. The predicted octanol–water partition coefficient (Wildman–Crippen LogP) is 2.48. The third kappa shape index (κ3) is 5.92. The Kier molecular flexibility index (Phi) is 6.10. The van der Waals surface area contributed by atoms with Crippen LogP contribution < -0.4 is 10.1 Å². The first-order valence-electron chi connectivity index (χ1n) is 5.78. The van der Waals surface area contributed by atoms with Crippen molar-refractivity contribution in [1.29, 1.82) is 0 Å². The zero-order chi connectivity index (χ0) is 12.5. The number of anilines is 1. The summed E-state index contributed by atoms with van der Waals surface area (Å²) in [5.41, 5.74) is 1.03. The molecule has 1 N–H and O–H groups in total. The van der Waals surface area contributed by atoms with E-state index in [2.05, 4.69) is 16.9 Å². The van der Waals surface area contributed by atoms with Crippen molar-refractivity contribution in [3.05, 3.63) is 30.4 Å². The summed E-state index contributed by atoms with van der Waals surface area (Å²) in [6.45, 7) is 10.2. The number of nitrogens with zero attached hydrogens (tertiary/aromatic N) is 1. The first kappa shape index (κ1) is 13.5. The van der Waals surface area contributed by atoms with E-state index in [0.717, 1.165) is 17.9 Å². The molecule has 0 fully saturated rings. The number of hydrogen-bond donors (Lipinski definition) is 1. The van der Waals surface area contributed by atoms with E-state index < -0.39 is 0 Å². The van der Waals surface area contributed by atoms with Gasteiger partial charge in [-0.05, 0) is 19.9 Å². The molecule has 17 heavy (non-hydrogen) atoms. The van der Waals surface area contributed by atoms with Crippen LogP contribution in [-0.4, -0.2) is 31.3 Å². The Balaban J connectivity index is 2.26. The maximum absolute atomic E-state index is 5.37. The van der Waals surface area contributed by atoms with Gasteiger partial charge in [0.2, 0.25) is 5.88 Å². The molecule has 1 heterocycles. The number of hydrogen-bond acceptors (Lipinski definition) is 4. The molecular formula is C13H20N2O2. The third-order valence-corrected chi connectivity index (χ3v) is 1.92. The van der Waals surface area contributed by atoms with E-state index in [1.54, 1.807) is 0 Å². The molecule has 0 unspecified atom stereocenters. The lowest BCUT2D eigenvalue weighted by molar-refractivity contribution is 0.167. The molecule has 1 rings (SSSR count). The topological polar surface area (TPSA) is 43.4 Å². The minimum Gasteiger partial charge on any atom is -0.478 e. The van der Waals surface area contributed by atoms with E-state index in [4.69, 9.17) is 9.47 Å². The average molecular weight is 236 g/mol. The van der Waals surface area contributed by atoms with Crippen LogP contribution in [0, 0.1) is 0 Å². The molecule has 0 saturated carbocycles. The van der Waals surface area contributed by atoms with Gasteiger partial charge < -0.3 is 14.8 Å². The number of rotatable bonds is 8. The van der Waals surface area contributed by atoms with Gasteiger partial charge in [-0.1, -0.05) is 18.2 Å². The van der Waals surface area contributed by atoms with E-state index in [1.165, 1.54) is 0 Å². The lowest BCUT2D eigenvalue weighted by atomic mass is 10.4. The highest BCUT2D eigenvalue weighted by Crippen LogP contribution is 2.10. The number of aromatic nitrogens is 1. The summed E-state index contributed by atoms with van der Waals surface area (Å²) >= 11 is 0. The molecule has 1 aromatic rings. The Bertz CT molecular complexity index is 353. The maximum Gasteiger partial charge on any atom is 0.215 e. The van der Waals surface area contributed by atoms with Crippen LogP contribution in [0.1, 0.15) is 13.8 Å². The molecule has 0 atom stereocenters. The van der Waals surface area contributed by atoms with Crippen LogP contribution in [0.5, 0.6) is 5.88 Å². The summed E-state index contributed by atoms with van der Waals surface area (Å²) in [6.07, 6.45) is 0. The minimum absolute atomic E-state index is 0.605. The van der Waals surface area contributed by atoms with Gasteiger partial charge in [-0.25, -0.2) is 0 Å². The number of ether oxygens (including phenoxy) is 2. The molecule has 0 aliphatic carbocycles. The van der Waals surface area contributed by atoms with Crippen molar-refractivity contribution < 1.29 is 9.47 Å². The van der Waals surface area contributed by atoms with Crippen LogP contribution in [0.15, 0.2) is 30.4 Å². The van der Waals surface area contributed by atoms with Crippen molar-refractivity contribution in [2.45, 2.75) is 13.8 Å². The van der Waals surface area contributed by atoms with Gasteiger partial charge in [-0.2, -0.15) is 4.98 Å². The highest BCUT2D eigenvalue weighted by molar-refractivity contribution is 5.36. The van der Waals surface area contributed by atoms with Crippen molar-refractivity contribution in [2.24, 2.45) is 0 Å². The van der Waals surface area contributed by atoms with E-state index >= 15 is 0 Å². The Morgan fingerprint density at radius 3 is 3.00 bits per heavy atom. The van der Waals surface area contributed by atoms with Crippen molar-refractivity contribution in [2.75, 3.05) is 31.7 Å². The third-order valence-electron chi connectivity index (χ3n) is 1.92. The summed E-state index contributed by atoms with van der Waals surface area (Å²) in [6, 6.07) is 5.66. The SMILES string of the molecule is C=C(C)COCCNc1cccc(OCC)n1. The Labute approximate surface area is 103 Å². The number of pyridine rings is 1. The first-order chi connectivity index (χ1) is 8.22. The molecule has 0 spiro atoms. The van der Waals surface area contributed by atoms with Crippen molar-refractivity contribution in [3.8, 4) is 5.88 Å². The molecule has 1 aromatic heterocycles. The second-order valence-corrected chi connectivity index (χ2v) is 3.73. The van der Waals surface area contributed by atoms with E-state index in [9.17, 15) is 0 Å². The van der Waals surface area contributed by atoms with Crippen LogP contribution in [0.4, 0.5) is 5.82 Å². The van der Waals surface area contributed by atoms with Crippen LogP contribution in [0.25, 0.3) is 0 Å². The zero-order valence-electron chi connectivity index (χ0n) is 10.5. The second-order valence-electron chi connectivity index (χ2n) is 3.73. The minimum atomic E-state index is 0.605. The average Bonchev–Trinajstić information content (AvgIpc) is 2.29. The van der Waals surface area contributed by atoms with Crippen LogP contribution in [0.3, 0.4) is 0 Å². The van der Waals surface area contributed by atoms with Crippen molar-refractivity contribution >= 4 is 5.82 Å². The monoisotopic (exact) mass is 236 g/mol. The van der Waals surface area contributed by atoms with Gasteiger partial charge in [0.1, 0.15) is 5.82 Å². The highest BCUT2D eigenvalue weighted by Gasteiger charge is 1.97. The lowest BCUT2D eigenvalue weighted by Crippen LogP contribution is -2.11. The van der Waals surface area contributed by atoms with Crippen molar-refractivity contribution in [3.63, 3.8) is 0 Å². The Morgan fingerprint density at radius 2 is 2.29 bits per heavy atom. The first-order valence-corrected chi connectivity index (χ1v) is 5.78. The standard InChI is InChI=1S/C13H20N2O2/c1-4-17-13-7-5-6-12(15-13)14-8-9-16-10-11(2)3/h5-7H,2,4,8-10H2,1,3H3,(H,14,15). The smallest absolute Gasteiger partial charge is 0.215 e. The predicted molar refractivity (Wildman–Crippen MR) is 69.5 cm³/mol. The fourth-order valence-corrected chi connectivity index (χ4v) is 1.24. The van der Waals surface area contributed by atoms with Gasteiger partial charge in [0, 0.05) is 12.6 Å². The molecule has 0 aromatic carbocycles. The van der Waals surface area contributed by atoms with E-state index in [-0.39, 0.29) is 0 Å². The molecule has 0 aliphatic heterocycles. The normalized spacial score (nSPS) is 10.0. The summed E-state index contributed by atoms with van der Waals surface area (Å²) in [5.74, 6) is 1.44. The molecule has 0 saturated heterocycles. The quantitative estimate of drug-likeness (QED) is 0.556. The largest absolute Gasteiger partial charge is 0.478 e. The summed E-state index contributed by atoms with van der Waals surface area (Å²) in [4.78, 5) is 4.29. The molecular weight excluding hydrogens is 216 g/mol. The van der Waals surface area contributed by atoms with E-state index in [0.29, 0.717) is 25.7 Å². The zero-order valence-corrected chi connectivity index (χ0v) is 10.5. The highest BCUT2D eigenvalue weighted by atomic mass is 16.5. The number of nitrogens with one attached hydrogen (secondary N) is 1. The van der Waals surface area contributed by atoms with Crippen LogP contribution in [0.2, 0.25) is 0 Å². The van der Waals surface area contributed by atoms with Gasteiger partial charge in [0.05, 0.1) is 19.8 Å². The Hall–Kier alpha value is -1.55. The fraction of sp³-hybridized carbons (Fsp3) is 0.462.